The zero-order valence-corrected chi connectivity index (χ0v) is 14.9. The molecule has 0 unspecified atom stereocenters. The minimum Gasteiger partial charge on any atom is -0.465 e. The summed E-state index contributed by atoms with van der Waals surface area (Å²) in [5, 5.41) is 6.43. The van der Waals surface area contributed by atoms with E-state index in [1.165, 1.54) is 12.7 Å². The Balaban J connectivity index is 1.77. The molecular formula is C20H20N4O2. The fraction of sp³-hybridized carbons (Fsp3) is 0.150. The number of rotatable bonds is 5. The van der Waals surface area contributed by atoms with Crippen molar-refractivity contribution in [2.24, 2.45) is 0 Å². The Bertz CT molecular complexity index is 906. The topological polar surface area (TPSA) is 76.1 Å². The minimum atomic E-state index is -0.362. The number of ether oxygens (including phenoxy) is 1. The average Bonchev–Trinajstić information content (AvgIpc) is 2.63. The Labute approximate surface area is 152 Å². The molecule has 0 aliphatic carbocycles. The van der Waals surface area contributed by atoms with Gasteiger partial charge in [0.05, 0.1) is 12.7 Å². The number of hydrogen-bond donors (Lipinski definition) is 2. The maximum absolute atomic E-state index is 11.5. The van der Waals surface area contributed by atoms with Crippen LogP contribution in [0.5, 0.6) is 0 Å². The summed E-state index contributed by atoms with van der Waals surface area (Å²) in [6.07, 6.45) is 0. The number of carbonyl (C=O) groups excluding carboxylic acids is 1. The van der Waals surface area contributed by atoms with Gasteiger partial charge in [-0.3, -0.25) is 0 Å². The summed E-state index contributed by atoms with van der Waals surface area (Å²) >= 11 is 0. The molecular weight excluding hydrogens is 328 g/mol. The molecule has 0 aliphatic rings. The highest BCUT2D eigenvalue weighted by Crippen LogP contribution is 2.20. The van der Waals surface area contributed by atoms with Crippen LogP contribution in [-0.2, 0) is 4.74 Å². The fourth-order valence-corrected chi connectivity index (χ4v) is 2.41. The molecule has 1 heterocycles. The quantitative estimate of drug-likeness (QED) is 0.667. The molecule has 3 rings (SSSR count). The number of nitrogens with one attached hydrogen (secondary N) is 2. The van der Waals surface area contributed by atoms with Crippen LogP contribution in [0.4, 0.5) is 23.1 Å². The number of aryl methyl sites for hydroxylation is 2. The molecule has 0 atom stereocenters. The summed E-state index contributed by atoms with van der Waals surface area (Å²) in [7, 11) is 1.36. The molecule has 0 fully saturated rings. The molecule has 2 aromatic carbocycles. The first-order chi connectivity index (χ1) is 12.5. The lowest BCUT2D eigenvalue weighted by Gasteiger charge is -2.10. The lowest BCUT2D eigenvalue weighted by atomic mass is 10.2. The zero-order chi connectivity index (χ0) is 18.5. The normalized spacial score (nSPS) is 10.3. The number of carbonyl (C=O) groups is 1. The van der Waals surface area contributed by atoms with E-state index in [0.717, 1.165) is 17.1 Å². The van der Waals surface area contributed by atoms with Gasteiger partial charge in [-0.05, 0) is 50.2 Å². The van der Waals surface area contributed by atoms with Crippen molar-refractivity contribution in [3.8, 4) is 0 Å². The molecule has 0 saturated carbocycles. The standard InChI is InChI=1S/C20H20N4O2/c1-13-4-8-17(9-5-13)23-20-21-14(2)12-18(24-20)22-16-10-6-15(7-11-16)19(25)26-3/h4-12H,1-3H3,(H2,21,22,23,24). The van der Waals surface area contributed by atoms with E-state index in [2.05, 4.69) is 20.6 Å². The van der Waals surface area contributed by atoms with E-state index in [9.17, 15) is 4.79 Å². The fourth-order valence-electron chi connectivity index (χ4n) is 2.41. The van der Waals surface area contributed by atoms with Crippen LogP contribution >= 0.6 is 0 Å². The summed E-state index contributed by atoms with van der Waals surface area (Å²) in [4.78, 5) is 20.4. The second-order valence-corrected chi connectivity index (χ2v) is 5.90. The van der Waals surface area contributed by atoms with Gasteiger partial charge in [0.2, 0.25) is 5.95 Å². The van der Waals surface area contributed by atoms with Crippen molar-refractivity contribution in [3.63, 3.8) is 0 Å². The van der Waals surface area contributed by atoms with E-state index in [0.29, 0.717) is 17.3 Å². The Morgan fingerprint density at radius 2 is 1.50 bits per heavy atom. The average molecular weight is 348 g/mol. The SMILES string of the molecule is COC(=O)c1ccc(Nc2cc(C)nc(Nc3ccc(C)cc3)n2)cc1. The lowest BCUT2D eigenvalue weighted by molar-refractivity contribution is 0.0601. The van der Waals surface area contributed by atoms with Crippen molar-refractivity contribution in [2.75, 3.05) is 17.7 Å². The molecule has 3 aromatic rings. The molecule has 26 heavy (non-hydrogen) atoms. The largest absolute Gasteiger partial charge is 0.465 e. The van der Waals surface area contributed by atoms with E-state index in [4.69, 9.17) is 4.74 Å². The highest BCUT2D eigenvalue weighted by Gasteiger charge is 2.06. The predicted molar refractivity (Wildman–Crippen MR) is 102 cm³/mol. The van der Waals surface area contributed by atoms with Crippen LogP contribution in [0.15, 0.2) is 54.6 Å². The molecule has 132 valence electrons. The van der Waals surface area contributed by atoms with Crippen molar-refractivity contribution < 1.29 is 9.53 Å². The van der Waals surface area contributed by atoms with Gasteiger partial charge in [0.15, 0.2) is 0 Å². The molecule has 0 spiro atoms. The Morgan fingerprint density at radius 1 is 0.885 bits per heavy atom. The number of hydrogen-bond acceptors (Lipinski definition) is 6. The number of aromatic nitrogens is 2. The van der Waals surface area contributed by atoms with E-state index in [1.54, 1.807) is 24.3 Å². The Morgan fingerprint density at radius 3 is 2.15 bits per heavy atom. The Hall–Kier alpha value is -3.41. The molecule has 6 heteroatoms. The van der Waals surface area contributed by atoms with Gasteiger partial charge in [0.25, 0.3) is 0 Å². The minimum absolute atomic E-state index is 0.362. The first kappa shape index (κ1) is 17.4. The lowest BCUT2D eigenvalue weighted by Crippen LogP contribution is -2.03. The summed E-state index contributed by atoms with van der Waals surface area (Å²) in [5.41, 5.74) is 4.27. The van der Waals surface area contributed by atoms with Crippen molar-refractivity contribution in [1.82, 2.24) is 9.97 Å². The predicted octanol–water partition coefficient (Wildman–Crippen LogP) is 4.37. The number of esters is 1. The third kappa shape index (κ3) is 4.36. The van der Waals surface area contributed by atoms with Gasteiger partial charge in [-0.2, -0.15) is 4.98 Å². The summed E-state index contributed by atoms with van der Waals surface area (Å²) < 4.78 is 4.70. The monoisotopic (exact) mass is 348 g/mol. The molecule has 2 N–H and O–H groups in total. The maximum Gasteiger partial charge on any atom is 0.337 e. The van der Waals surface area contributed by atoms with Gasteiger partial charge < -0.3 is 15.4 Å². The van der Waals surface area contributed by atoms with Crippen LogP contribution in [0.25, 0.3) is 0 Å². The van der Waals surface area contributed by atoms with Gasteiger partial charge in [-0.1, -0.05) is 17.7 Å². The summed E-state index contributed by atoms with van der Waals surface area (Å²) in [6.45, 7) is 3.95. The smallest absolute Gasteiger partial charge is 0.337 e. The molecule has 0 saturated heterocycles. The molecule has 0 radical (unpaired) electrons. The van der Waals surface area contributed by atoms with Crippen molar-refractivity contribution >= 4 is 29.1 Å². The first-order valence-electron chi connectivity index (χ1n) is 8.18. The molecule has 6 nitrogen and oxygen atoms in total. The third-order valence-corrected chi connectivity index (χ3v) is 3.74. The summed E-state index contributed by atoms with van der Waals surface area (Å²) in [5.74, 6) is 0.819. The number of nitrogens with zero attached hydrogens (tertiary/aromatic N) is 2. The maximum atomic E-state index is 11.5. The molecule has 1 aromatic heterocycles. The van der Waals surface area contributed by atoms with E-state index >= 15 is 0 Å². The van der Waals surface area contributed by atoms with Crippen LogP contribution in [0.2, 0.25) is 0 Å². The van der Waals surface area contributed by atoms with Gasteiger partial charge >= 0.3 is 5.97 Å². The highest BCUT2D eigenvalue weighted by atomic mass is 16.5. The van der Waals surface area contributed by atoms with Crippen LogP contribution < -0.4 is 10.6 Å². The van der Waals surface area contributed by atoms with Crippen LogP contribution in [-0.4, -0.2) is 23.0 Å². The van der Waals surface area contributed by atoms with Crippen LogP contribution in [0, 0.1) is 13.8 Å². The highest BCUT2D eigenvalue weighted by molar-refractivity contribution is 5.89. The third-order valence-electron chi connectivity index (χ3n) is 3.74. The first-order valence-corrected chi connectivity index (χ1v) is 8.18. The molecule has 0 aliphatic heterocycles. The number of methoxy groups -OCH3 is 1. The number of benzene rings is 2. The van der Waals surface area contributed by atoms with E-state index in [-0.39, 0.29) is 5.97 Å². The second-order valence-electron chi connectivity index (χ2n) is 5.90. The van der Waals surface area contributed by atoms with Gasteiger partial charge in [0.1, 0.15) is 5.82 Å². The van der Waals surface area contributed by atoms with Crippen molar-refractivity contribution in [2.45, 2.75) is 13.8 Å². The Kier molecular flexibility index (Phi) is 5.12. The van der Waals surface area contributed by atoms with E-state index in [1.807, 2.05) is 44.2 Å². The molecule has 0 amide bonds. The van der Waals surface area contributed by atoms with Gasteiger partial charge in [-0.15, -0.1) is 0 Å². The zero-order valence-electron chi connectivity index (χ0n) is 14.9. The van der Waals surface area contributed by atoms with Gasteiger partial charge in [0, 0.05) is 23.1 Å². The number of anilines is 4. The second kappa shape index (κ2) is 7.65. The van der Waals surface area contributed by atoms with Gasteiger partial charge in [-0.25, -0.2) is 9.78 Å². The van der Waals surface area contributed by atoms with E-state index < -0.39 is 0 Å². The van der Waals surface area contributed by atoms with Crippen molar-refractivity contribution in [1.29, 1.82) is 0 Å². The summed E-state index contributed by atoms with van der Waals surface area (Å²) in [6, 6.07) is 16.9. The van der Waals surface area contributed by atoms with Crippen molar-refractivity contribution in [3.05, 3.63) is 71.4 Å². The van der Waals surface area contributed by atoms with Crippen LogP contribution in [0.3, 0.4) is 0 Å². The molecule has 0 bridgehead atoms. The van der Waals surface area contributed by atoms with Crippen LogP contribution in [0.1, 0.15) is 21.6 Å².